The minimum Gasteiger partial charge on any atom is -0.479 e. The fraction of sp³-hybridized carbons (Fsp3) is 0.800. The van der Waals surface area contributed by atoms with Crippen molar-refractivity contribution in [2.75, 3.05) is 19.7 Å². The lowest BCUT2D eigenvalue weighted by Gasteiger charge is -2.32. The van der Waals surface area contributed by atoms with Gasteiger partial charge >= 0.3 is 5.97 Å². The number of hydrogen-bond donors (Lipinski definition) is 2. The van der Waals surface area contributed by atoms with E-state index in [4.69, 9.17) is 15.6 Å². The summed E-state index contributed by atoms with van der Waals surface area (Å²) in [6.45, 7) is 2.71. The molecule has 1 heterocycles. The topological polar surface area (TPSA) is 92.9 Å². The number of rotatable bonds is 4. The van der Waals surface area contributed by atoms with E-state index in [1.807, 2.05) is 6.92 Å². The van der Waals surface area contributed by atoms with E-state index < -0.39 is 18.1 Å². The van der Waals surface area contributed by atoms with E-state index in [-0.39, 0.29) is 19.1 Å². The molecular formula is C10H18N2O4. The molecule has 6 heteroatoms. The predicted molar refractivity (Wildman–Crippen MR) is 56.8 cm³/mol. The van der Waals surface area contributed by atoms with Crippen molar-refractivity contribution >= 4 is 11.9 Å². The van der Waals surface area contributed by atoms with E-state index in [9.17, 15) is 9.59 Å². The van der Waals surface area contributed by atoms with Crippen molar-refractivity contribution in [1.29, 1.82) is 0 Å². The molecule has 1 aliphatic heterocycles. The molecule has 92 valence electrons. The van der Waals surface area contributed by atoms with Gasteiger partial charge in [-0.15, -0.1) is 0 Å². The number of nitrogens with two attached hydrogens (primary N) is 1. The average molecular weight is 230 g/mol. The number of carboxylic acids is 1. The summed E-state index contributed by atoms with van der Waals surface area (Å²) < 4.78 is 5.03. The predicted octanol–water partition coefficient (Wildman–Crippen LogP) is -0.574. The lowest BCUT2D eigenvalue weighted by atomic mass is 10.1. The lowest BCUT2D eigenvalue weighted by Crippen LogP contribution is -2.53. The van der Waals surface area contributed by atoms with Gasteiger partial charge in [0.05, 0.1) is 19.2 Å². The number of amides is 1. The van der Waals surface area contributed by atoms with Crippen molar-refractivity contribution < 1.29 is 19.4 Å². The highest BCUT2D eigenvalue weighted by atomic mass is 16.5. The summed E-state index contributed by atoms with van der Waals surface area (Å²) in [5.74, 6) is -1.22. The van der Waals surface area contributed by atoms with Crippen molar-refractivity contribution in [3.63, 3.8) is 0 Å². The second-order valence-electron chi connectivity index (χ2n) is 3.88. The number of carbonyl (C=O) groups excluding carboxylic acids is 1. The molecule has 2 unspecified atom stereocenters. The number of ether oxygens (including phenoxy) is 1. The Kier molecular flexibility index (Phi) is 4.70. The van der Waals surface area contributed by atoms with Crippen LogP contribution in [-0.2, 0) is 14.3 Å². The molecule has 16 heavy (non-hydrogen) atoms. The van der Waals surface area contributed by atoms with Crippen LogP contribution in [0, 0.1) is 0 Å². The van der Waals surface area contributed by atoms with Crippen molar-refractivity contribution in [1.82, 2.24) is 4.90 Å². The molecule has 1 amide bonds. The van der Waals surface area contributed by atoms with Crippen LogP contribution in [0.3, 0.4) is 0 Å². The first-order chi connectivity index (χ1) is 7.56. The quantitative estimate of drug-likeness (QED) is 0.674. The smallest absolute Gasteiger partial charge is 0.334 e. The van der Waals surface area contributed by atoms with E-state index in [0.717, 1.165) is 6.42 Å². The number of nitrogens with zero attached hydrogens (tertiary/aromatic N) is 1. The molecule has 0 aromatic carbocycles. The Morgan fingerprint density at radius 3 is 2.88 bits per heavy atom. The Labute approximate surface area is 94.3 Å². The summed E-state index contributed by atoms with van der Waals surface area (Å²) in [5.41, 5.74) is 5.70. The van der Waals surface area contributed by atoms with Gasteiger partial charge in [0.25, 0.3) is 0 Å². The van der Waals surface area contributed by atoms with Crippen molar-refractivity contribution in [2.24, 2.45) is 5.73 Å². The minimum atomic E-state index is -1.04. The van der Waals surface area contributed by atoms with Crippen LogP contribution in [0.15, 0.2) is 0 Å². The van der Waals surface area contributed by atoms with Gasteiger partial charge in [-0.3, -0.25) is 4.79 Å². The number of carboxylic acid groups (broad SMARTS) is 1. The molecule has 0 aliphatic carbocycles. The van der Waals surface area contributed by atoms with Crippen LogP contribution in [0.1, 0.15) is 19.8 Å². The van der Waals surface area contributed by atoms with Crippen molar-refractivity contribution in [2.45, 2.75) is 31.9 Å². The highest BCUT2D eigenvalue weighted by Crippen LogP contribution is 2.08. The van der Waals surface area contributed by atoms with E-state index in [1.54, 1.807) is 0 Å². The highest BCUT2D eigenvalue weighted by molar-refractivity contribution is 5.82. The molecule has 0 saturated carbocycles. The van der Waals surface area contributed by atoms with Crippen LogP contribution in [0.5, 0.6) is 0 Å². The largest absolute Gasteiger partial charge is 0.479 e. The lowest BCUT2D eigenvalue weighted by molar-refractivity contribution is -0.159. The van der Waals surface area contributed by atoms with E-state index in [1.165, 1.54) is 4.90 Å². The Morgan fingerprint density at radius 2 is 2.31 bits per heavy atom. The van der Waals surface area contributed by atoms with E-state index in [0.29, 0.717) is 13.0 Å². The van der Waals surface area contributed by atoms with Gasteiger partial charge < -0.3 is 20.5 Å². The summed E-state index contributed by atoms with van der Waals surface area (Å²) in [7, 11) is 0. The van der Waals surface area contributed by atoms with Gasteiger partial charge in [-0.1, -0.05) is 13.3 Å². The average Bonchev–Trinajstić information content (AvgIpc) is 2.28. The monoisotopic (exact) mass is 230 g/mol. The Balaban J connectivity index is 2.53. The first-order valence-corrected chi connectivity index (χ1v) is 5.45. The summed E-state index contributed by atoms with van der Waals surface area (Å²) in [6, 6.07) is -0.530. The molecule has 2 atom stereocenters. The van der Waals surface area contributed by atoms with Crippen LogP contribution in [0.2, 0.25) is 0 Å². The third-order valence-electron chi connectivity index (χ3n) is 2.57. The van der Waals surface area contributed by atoms with Crippen LogP contribution < -0.4 is 5.73 Å². The molecule has 0 radical (unpaired) electrons. The maximum atomic E-state index is 11.8. The first-order valence-electron chi connectivity index (χ1n) is 5.45. The summed E-state index contributed by atoms with van der Waals surface area (Å²) in [5, 5.41) is 8.79. The summed E-state index contributed by atoms with van der Waals surface area (Å²) in [6.07, 6.45) is 0.527. The summed E-state index contributed by atoms with van der Waals surface area (Å²) in [4.78, 5) is 24.0. The molecular weight excluding hydrogens is 212 g/mol. The Morgan fingerprint density at radius 1 is 1.62 bits per heavy atom. The van der Waals surface area contributed by atoms with Crippen LogP contribution in [0.25, 0.3) is 0 Å². The van der Waals surface area contributed by atoms with Gasteiger partial charge in [-0.05, 0) is 6.42 Å². The van der Waals surface area contributed by atoms with Gasteiger partial charge in [0.1, 0.15) is 0 Å². The molecule has 1 saturated heterocycles. The number of hydrogen-bond acceptors (Lipinski definition) is 4. The van der Waals surface area contributed by atoms with Gasteiger partial charge in [-0.25, -0.2) is 4.79 Å². The van der Waals surface area contributed by atoms with Crippen LogP contribution >= 0.6 is 0 Å². The third-order valence-corrected chi connectivity index (χ3v) is 2.57. The minimum absolute atomic E-state index is 0.0889. The zero-order valence-corrected chi connectivity index (χ0v) is 9.39. The van der Waals surface area contributed by atoms with Gasteiger partial charge in [0, 0.05) is 6.54 Å². The maximum Gasteiger partial charge on any atom is 0.334 e. The SMILES string of the molecule is CCCC(N)C(=O)N1CCOC(C(=O)O)C1. The fourth-order valence-corrected chi connectivity index (χ4v) is 1.67. The molecule has 3 N–H and O–H groups in total. The van der Waals surface area contributed by atoms with Gasteiger partial charge in [-0.2, -0.15) is 0 Å². The fourth-order valence-electron chi connectivity index (χ4n) is 1.67. The highest BCUT2D eigenvalue weighted by Gasteiger charge is 2.30. The number of carbonyl (C=O) groups is 2. The van der Waals surface area contributed by atoms with E-state index in [2.05, 4.69) is 0 Å². The zero-order valence-electron chi connectivity index (χ0n) is 9.39. The molecule has 0 aromatic rings. The molecule has 1 rings (SSSR count). The molecule has 0 spiro atoms. The normalized spacial score (nSPS) is 22.9. The summed E-state index contributed by atoms with van der Waals surface area (Å²) >= 11 is 0. The molecule has 1 aliphatic rings. The van der Waals surface area contributed by atoms with Gasteiger partial charge in [0.15, 0.2) is 6.10 Å². The Bertz CT molecular complexity index is 270. The third kappa shape index (κ3) is 3.18. The maximum absolute atomic E-state index is 11.8. The second-order valence-corrected chi connectivity index (χ2v) is 3.88. The van der Waals surface area contributed by atoms with Crippen molar-refractivity contribution in [3.8, 4) is 0 Å². The molecule has 0 bridgehead atoms. The van der Waals surface area contributed by atoms with E-state index >= 15 is 0 Å². The molecule has 6 nitrogen and oxygen atoms in total. The number of morpholine rings is 1. The number of aliphatic carboxylic acids is 1. The molecule has 0 aromatic heterocycles. The van der Waals surface area contributed by atoms with Crippen molar-refractivity contribution in [3.05, 3.63) is 0 Å². The van der Waals surface area contributed by atoms with Crippen LogP contribution in [-0.4, -0.2) is 53.7 Å². The van der Waals surface area contributed by atoms with Gasteiger partial charge in [0.2, 0.25) is 5.91 Å². The first kappa shape index (κ1) is 12.9. The zero-order chi connectivity index (χ0) is 12.1. The van der Waals surface area contributed by atoms with Crippen LogP contribution in [0.4, 0.5) is 0 Å². The second kappa shape index (κ2) is 5.81. The standard InChI is InChI=1S/C10H18N2O4/c1-2-3-7(11)9(13)12-4-5-16-8(6-12)10(14)15/h7-8H,2-6,11H2,1H3,(H,14,15). The molecule has 1 fully saturated rings. The Hall–Kier alpha value is -1.14.